The lowest BCUT2D eigenvalue weighted by Gasteiger charge is -2.04. The molecule has 0 bridgehead atoms. The van der Waals surface area contributed by atoms with Crippen molar-refractivity contribution in [2.24, 2.45) is 0 Å². The summed E-state index contributed by atoms with van der Waals surface area (Å²) in [4.78, 5) is 10.7. The highest BCUT2D eigenvalue weighted by molar-refractivity contribution is 7.89. The Morgan fingerprint density at radius 2 is 2.21 bits per heavy atom. The molecule has 0 fully saturated rings. The van der Waals surface area contributed by atoms with E-state index in [1.807, 2.05) is 19.1 Å². The normalized spacial score (nSPS) is 11.6. The molecule has 0 radical (unpaired) electrons. The van der Waals surface area contributed by atoms with E-state index in [4.69, 9.17) is 0 Å². The number of nitrogens with one attached hydrogen (secondary N) is 2. The lowest BCUT2D eigenvalue weighted by atomic mass is 10.2. The van der Waals surface area contributed by atoms with E-state index in [0.717, 1.165) is 5.56 Å². The minimum atomic E-state index is -3.51. The summed E-state index contributed by atoms with van der Waals surface area (Å²) < 4.78 is 26.4. The van der Waals surface area contributed by atoms with Gasteiger partial charge >= 0.3 is 0 Å². The summed E-state index contributed by atoms with van der Waals surface area (Å²) in [6, 6.07) is 3.74. The molecule has 0 unspecified atom stereocenters. The van der Waals surface area contributed by atoms with Crippen LogP contribution in [0.2, 0.25) is 0 Å². The van der Waals surface area contributed by atoms with Crippen molar-refractivity contribution in [3.8, 4) is 0 Å². The third-order valence-electron chi connectivity index (χ3n) is 2.66. The summed E-state index contributed by atoms with van der Waals surface area (Å²) in [6.07, 6.45) is 6.02. The monoisotopic (exact) mass is 280 g/mol. The summed E-state index contributed by atoms with van der Waals surface area (Å²) in [7, 11) is -3.51. The van der Waals surface area contributed by atoms with E-state index in [1.54, 1.807) is 12.4 Å². The fourth-order valence-electron chi connectivity index (χ4n) is 1.61. The molecule has 0 spiro atoms. The minimum Gasteiger partial charge on any atom is -0.332 e. The number of hydrogen-bond donors (Lipinski definition) is 2. The van der Waals surface area contributed by atoms with Gasteiger partial charge in [-0.1, -0.05) is 13.0 Å². The lowest BCUT2D eigenvalue weighted by Crippen LogP contribution is -2.26. The van der Waals surface area contributed by atoms with Gasteiger partial charge in [0.05, 0.1) is 6.20 Å². The van der Waals surface area contributed by atoms with Gasteiger partial charge in [0.15, 0.2) is 5.03 Å². The van der Waals surface area contributed by atoms with Crippen LogP contribution in [0.15, 0.2) is 35.7 Å². The van der Waals surface area contributed by atoms with Gasteiger partial charge in [0.25, 0.3) is 10.0 Å². The first kappa shape index (κ1) is 13.7. The highest BCUT2D eigenvalue weighted by Gasteiger charge is 2.16. The Labute approximate surface area is 112 Å². The molecule has 102 valence electrons. The van der Waals surface area contributed by atoms with Gasteiger partial charge in [0.2, 0.25) is 0 Å². The Morgan fingerprint density at radius 1 is 1.37 bits per heavy atom. The quantitative estimate of drug-likeness (QED) is 0.822. The Morgan fingerprint density at radius 3 is 2.84 bits per heavy atom. The predicted octanol–water partition coefficient (Wildman–Crippen LogP) is 0.888. The number of aryl methyl sites for hydroxylation is 1. The molecule has 6 nitrogen and oxygen atoms in total. The molecule has 0 atom stereocenters. The van der Waals surface area contributed by atoms with Crippen molar-refractivity contribution >= 4 is 10.0 Å². The van der Waals surface area contributed by atoms with Crippen LogP contribution in [0, 0.1) is 0 Å². The largest absolute Gasteiger partial charge is 0.332 e. The fraction of sp³-hybridized carbons (Fsp3) is 0.333. The van der Waals surface area contributed by atoms with Crippen LogP contribution >= 0.6 is 0 Å². The van der Waals surface area contributed by atoms with Crippen molar-refractivity contribution in [3.05, 3.63) is 42.1 Å². The number of sulfonamides is 1. The molecule has 0 aromatic carbocycles. The summed E-state index contributed by atoms with van der Waals surface area (Å²) in [5.74, 6) is 0.660. The van der Waals surface area contributed by atoms with Gasteiger partial charge in [0, 0.05) is 25.4 Å². The van der Waals surface area contributed by atoms with Crippen molar-refractivity contribution in [1.29, 1.82) is 0 Å². The second-order valence-corrected chi connectivity index (χ2v) is 5.79. The van der Waals surface area contributed by atoms with E-state index in [0.29, 0.717) is 25.2 Å². The molecule has 0 amide bonds. The van der Waals surface area contributed by atoms with E-state index < -0.39 is 10.0 Å². The first-order valence-corrected chi connectivity index (χ1v) is 7.52. The molecule has 2 N–H and O–H groups in total. The SMILES string of the molecule is CCc1ncc(S(=O)(=O)NCCc2cccnc2)[nH]1. The van der Waals surface area contributed by atoms with Crippen LogP contribution in [0.4, 0.5) is 0 Å². The minimum absolute atomic E-state index is 0.107. The number of imidazole rings is 1. The molecule has 19 heavy (non-hydrogen) atoms. The van der Waals surface area contributed by atoms with Gasteiger partial charge in [-0.15, -0.1) is 0 Å². The third-order valence-corrected chi connectivity index (χ3v) is 4.03. The van der Waals surface area contributed by atoms with Crippen molar-refractivity contribution in [2.45, 2.75) is 24.8 Å². The number of H-pyrrole nitrogens is 1. The average molecular weight is 280 g/mol. The van der Waals surface area contributed by atoms with Crippen LogP contribution < -0.4 is 4.72 Å². The van der Waals surface area contributed by atoms with Crippen LogP contribution in [-0.4, -0.2) is 29.9 Å². The molecule has 2 heterocycles. The molecule has 2 aromatic heterocycles. The topological polar surface area (TPSA) is 87.7 Å². The summed E-state index contributed by atoms with van der Waals surface area (Å²) in [5, 5.41) is 0.107. The molecule has 0 aliphatic heterocycles. The zero-order valence-corrected chi connectivity index (χ0v) is 11.4. The van der Waals surface area contributed by atoms with E-state index in [1.165, 1.54) is 6.20 Å². The molecular weight excluding hydrogens is 264 g/mol. The molecule has 7 heteroatoms. The van der Waals surface area contributed by atoms with Crippen LogP contribution in [0.3, 0.4) is 0 Å². The lowest BCUT2D eigenvalue weighted by molar-refractivity contribution is 0.578. The van der Waals surface area contributed by atoms with Crippen molar-refractivity contribution in [3.63, 3.8) is 0 Å². The van der Waals surface area contributed by atoms with Gasteiger partial charge < -0.3 is 4.98 Å². The maximum Gasteiger partial charge on any atom is 0.257 e. The summed E-state index contributed by atoms with van der Waals surface area (Å²) >= 11 is 0. The Kier molecular flexibility index (Phi) is 4.28. The Hall–Kier alpha value is -1.73. The second-order valence-electron chi connectivity index (χ2n) is 4.06. The van der Waals surface area contributed by atoms with Crippen molar-refractivity contribution in [2.75, 3.05) is 6.54 Å². The van der Waals surface area contributed by atoms with E-state index >= 15 is 0 Å². The van der Waals surface area contributed by atoms with Crippen LogP contribution in [0.25, 0.3) is 0 Å². The van der Waals surface area contributed by atoms with E-state index in [-0.39, 0.29) is 5.03 Å². The molecule has 0 saturated heterocycles. The van der Waals surface area contributed by atoms with Crippen LogP contribution in [0.1, 0.15) is 18.3 Å². The van der Waals surface area contributed by atoms with Crippen molar-refractivity contribution in [1.82, 2.24) is 19.7 Å². The third kappa shape index (κ3) is 3.62. The van der Waals surface area contributed by atoms with Gasteiger partial charge in [-0.05, 0) is 18.1 Å². The number of nitrogens with zero attached hydrogens (tertiary/aromatic N) is 2. The zero-order valence-electron chi connectivity index (χ0n) is 10.6. The average Bonchev–Trinajstić information content (AvgIpc) is 2.89. The molecule has 0 aliphatic rings. The van der Waals surface area contributed by atoms with E-state index in [2.05, 4.69) is 19.7 Å². The second kappa shape index (κ2) is 5.94. The summed E-state index contributed by atoms with van der Waals surface area (Å²) in [5.41, 5.74) is 0.990. The zero-order chi connectivity index (χ0) is 13.7. The number of hydrogen-bond acceptors (Lipinski definition) is 4. The van der Waals surface area contributed by atoms with Crippen LogP contribution in [-0.2, 0) is 22.9 Å². The van der Waals surface area contributed by atoms with E-state index in [9.17, 15) is 8.42 Å². The van der Waals surface area contributed by atoms with Gasteiger partial charge in [0.1, 0.15) is 5.82 Å². The Bertz CT molecular complexity index is 622. The van der Waals surface area contributed by atoms with Crippen molar-refractivity contribution < 1.29 is 8.42 Å². The highest BCUT2D eigenvalue weighted by Crippen LogP contribution is 2.06. The summed E-state index contributed by atoms with van der Waals surface area (Å²) in [6.45, 7) is 2.24. The molecular formula is C12H16N4O2S. The number of aromatic nitrogens is 3. The smallest absolute Gasteiger partial charge is 0.257 e. The first-order valence-electron chi connectivity index (χ1n) is 6.04. The maximum absolute atomic E-state index is 12.0. The van der Waals surface area contributed by atoms with Gasteiger partial charge in [-0.3, -0.25) is 4.98 Å². The Balaban J connectivity index is 1.94. The number of rotatable bonds is 6. The van der Waals surface area contributed by atoms with Gasteiger partial charge in [-0.25, -0.2) is 18.1 Å². The molecule has 0 saturated carbocycles. The highest BCUT2D eigenvalue weighted by atomic mass is 32.2. The molecule has 2 aromatic rings. The molecule has 2 rings (SSSR count). The first-order chi connectivity index (χ1) is 9.12. The van der Waals surface area contributed by atoms with Gasteiger partial charge in [-0.2, -0.15) is 0 Å². The standard InChI is InChI=1S/C12H16N4O2S/c1-2-11-14-9-12(16-11)19(17,18)15-7-5-10-4-3-6-13-8-10/h3-4,6,8-9,15H,2,5,7H2,1H3,(H,14,16). The number of pyridine rings is 1. The fourth-order valence-corrected chi connectivity index (χ4v) is 2.58. The predicted molar refractivity (Wildman–Crippen MR) is 71.1 cm³/mol. The van der Waals surface area contributed by atoms with Crippen LogP contribution in [0.5, 0.6) is 0 Å². The number of aromatic amines is 1. The maximum atomic E-state index is 12.0. The molecule has 0 aliphatic carbocycles.